The minimum atomic E-state index is 0.604. The Morgan fingerprint density at radius 1 is 1.06 bits per heavy atom. The van der Waals surface area contributed by atoms with Crippen molar-refractivity contribution in [2.45, 2.75) is 78.3 Å². The van der Waals surface area contributed by atoms with Gasteiger partial charge in [0.15, 0.2) is 0 Å². The topological polar surface area (TPSA) is 29.3 Å². The Balaban J connectivity index is 2.60. The fourth-order valence-corrected chi connectivity index (χ4v) is 3.22. The van der Waals surface area contributed by atoms with Gasteiger partial charge in [-0.15, -0.1) is 0 Å². The third-order valence-corrected chi connectivity index (χ3v) is 4.24. The van der Waals surface area contributed by atoms with Crippen LogP contribution in [0.2, 0.25) is 0 Å². The lowest BCUT2D eigenvalue weighted by atomic mass is 9.99. The van der Waals surface area contributed by atoms with Gasteiger partial charge in [-0.25, -0.2) is 0 Å². The molecule has 0 radical (unpaired) electrons. The number of nitrogens with zero attached hydrogens (tertiary/aromatic N) is 1. The van der Waals surface area contributed by atoms with Crippen LogP contribution in [0.25, 0.3) is 0 Å². The van der Waals surface area contributed by atoms with E-state index in [1.54, 1.807) is 0 Å². The maximum atomic E-state index is 6.05. The molecule has 18 heavy (non-hydrogen) atoms. The zero-order valence-corrected chi connectivity index (χ0v) is 13.0. The first kappa shape index (κ1) is 16.0. The Hall–Kier alpha value is -0.0800. The highest BCUT2D eigenvalue weighted by Gasteiger charge is 2.28. The largest absolute Gasteiger partial charge is 0.329 e. The first-order valence-corrected chi connectivity index (χ1v) is 8.00. The van der Waals surface area contributed by atoms with Crippen molar-refractivity contribution in [2.75, 3.05) is 13.1 Å². The Kier molecular flexibility index (Phi) is 7.25. The van der Waals surface area contributed by atoms with Crippen molar-refractivity contribution in [2.24, 2.45) is 17.6 Å². The molecular weight excluding hydrogens is 220 g/mol. The van der Waals surface area contributed by atoms with Crippen LogP contribution in [0.4, 0.5) is 0 Å². The van der Waals surface area contributed by atoms with Gasteiger partial charge in [0.2, 0.25) is 0 Å². The van der Waals surface area contributed by atoms with Gasteiger partial charge in [-0.1, -0.05) is 40.5 Å². The van der Waals surface area contributed by atoms with Crippen LogP contribution >= 0.6 is 0 Å². The summed E-state index contributed by atoms with van der Waals surface area (Å²) in [5.74, 6) is 1.55. The van der Waals surface area contributed by atoms with Gasteiger partial charge in [-0.05, 0) is 44.1 Å². The van der Waals surface area contributed by atoms with Gasteiger partial charge < -0.3 is 5.73 Å². The van der Waals surface area contributed by atoms with Gasteiger partial charge in [0, 0.05) is 18.6 Å². The summed E-state index contributed by atoms with van der Waals surface area (Å²) in [6.45, 7) is 11.4. The minimum absolute atomic E-state index is 0.604. The van der Waals surface area contributed by atoms with E-state index in [0.717, 1.165) is 24.4 Å². The molecule has 108 valence electrons. The molecule has 2 heteroatoms. The third-order valence-electron chi connectivity index (χ3n) is 4.24. The van der Waals surface area contributed by atoms with Crippen LogP contribution in [-0.2, 0) is 0 Å². The van der Waals surface area contributed by atoms with Gasteiger partial charge in [0.25, 0.3) is 0 Å². The molecule has 1 fully saturated rings. The molecule has 1 aliphatic carbocycles. The van der Waals surface area contributed by atoms with Crippen molar-refractivity contribution in [3.8, 4) is 0 Å². The van der Waals surface area contributed by atoms with Crippen LogP contribution in [0.1, 0.15) is 66.2 Å². The van der Waals surface area contributed by atoms with E-state index in [1.165, 1.54) is 45.1 Å². The van der Waals surface area contributed by atoms with Gasteiger partial charge in [-0.3, -0.25) is 4.90 Å². The maximum Gasteiger partial charge on any atom is 0.0223 e. The molecule has 0 saturated heterocycles. The van der Waals surface area contributed by atoms with Crippen molar-refractivity contribution < 1.29 is 0 Å². The van der Waals surface area contributed by atoms with Crippen LogP contribution < -0.4 is 5.73 Å². The van der Waals surface area contributed by atoms with Crippen molar-refractivity contribution in [3.05, 3.63) is 0 Å². The Labute approximate surface area is 114 Å². The molecule has 0 aromatic carbocycles. The van der Waals surface area contributed by atoms with E-state index in [-0.39, 0.29) is 0 Å². The Bertz CT molecular complexity index is 207. The molecule has 0 aromatic heterocycles. The summed E-state index contributed by atoms with van der Waals surface area (Å²) in [5.41, 5.74) is 6.05. The van der Waals surface area contributed by atoms with Gasteiger partial charge in [0.1, 0.15) is 0 Å². The molecule has 0 heterocycles. The molecule has 0 aromatic rings. The minimum Gasteiger partial charge on any atom is -0.329 e. The van der Waals surface area contributed by atoms with Crippen molar-refractivity contribution in [1.82, 2.24) is 4.90 Å². The first-order chi connectivity index (χ1) is 8.54. The van der Waals surface area contributed by atoms with Crippen LogP contribution in [-0.4, -0.2) is 30.1 Å². The van der Waals surface area contributed by atoms with Crippen LogP contribution in [0, 0.1) is 11.8 Å². The molecule has 2 nitrogen and oxygen atoms in total. The van der Waals surface area contributed by atoms with Crippen molar-refractivity contribution >= 4 is 0 Å². The second-order valence-corrected chi connectivity index (χ2v) is 6.88. The summed E-state index contributed by atoms with van der Waals surface area (Å²) in [6, 6.07) is 1.42. The zero-order valence-electron chi connectivity index (χ0n) is 13.0. The monoisotopic (exact) mass is 254 g/mol. The van der Waals surface area contributed by atoms with E-state index in [0.29, 0.717) is 6.04 Å². The van der Waals surface area contributed by atoms with Gasteiger partial charge in [-0.2, -0.15) is 0 Å². The lowest BCUT2D eigenvalue weighted by Gasteiger charge is -2.37. The lowest BCUT2D eigenvalue weighted by Crippen LogP contribution is -2.47. The summed E-state index contributed by atoms with van der Waals surface area (Å²) in [7, 11) is 0. The highest BCUT2D eigenvalue weighted by Crippen LogP contribution is 2.27. The molecule has 0 aliphatic heterocycles. The molecule has 0 spiro atoms. The van der Waals surface area contributed by atoms with Crippen LogP contribution in [0.5, 0.6) is 0 Å². The number of hydrogen-bond acceptors (Lipinski definition) is 2. The Morgan fingerprint density at radius 3 is 2.11 bits per heavy atom. The van der Waals surface area contributed by atoms with Gasteiger partial charge in [0.05, 0.1) is 0 Å². The summed E-state index contributed by atoms with van der Waals surface area (Å²) >= 11 is 0. The number of rotatable bonds is 8. The Morgan fingerprint density at radius 2 is 1.67 bits per heavy atom. The number of nitrogens with two attached hydrogens (primary N) is 1. The van der Waals surface area contributed by atoms with Gasteiger partial charge >= 0.3 is 0 Å². The summed E-state index contributed by atoms with van der Waals surface area (Å²) in [5, 5.41) is 0. The molecule has 1 saturated carbocycles. The van der Waals surface area contributed by atoms with E-state index >= 15 is 0 Å². The molecule has 1 atom stereocenters. The highest BCUT2D eigenvalue weighted by atomic mass is 15.2. The van der Waals surface area contributed by atoms with Crippen LogP contribution in [0.3, 0.4) is 0 Å². The third kappa shape index (κ3) is 5.27. The first-order valence-electron chi connectivity index (χ1n) is 8.00. The molecular formula is C16H34N2. The fourth-order valence-electron chi connectivity index (χ4n) is 3.22. The summed E-state index contributed by atoms with van der Waals surface area (Å²) in [6.07, 6.45) is 8.19. The van der Waals surface area contributed by atoms with Crippen molar-refractivity contribution in [1.29, 1.82) is 0 Å². The van der Waals surface area contributed by atoms with E-state index < -0.39 is 0 Å². The normalized spacial score (nSPS) is 19.3. The molecule has 1 unspecified atom stereocenters. The second-order valence-electron chi connectivity index (χ2n) is 6.88. The number of hydrogen-bond donors (Lipinski definition) is 1. The molecule has 0 bridgehead atoms. The lowest BCUT2D eigenvalue weighted by molar-refractivity contribution is 0.116. The van der Waals surface area contributed by atoms with E-state index in [9.17, 15) is 0 Å². The summed E-state index contributed by atoms with van der Waals surface area (Å²) in [4.78, 5) is 2.76. The maximum absolute atomic E-state index is 6.05. The average Bonchev–Trinajstić information content (AvgIpc) is 2.80. The predicted molar refractivity (Wildman–Crippen MR) is 80.7 cm³/mol. The highest BCUT2D eigenvalue weighted by molar-refractivity contribution is 4.84. The molecule has 0 amide bonds. The quantitative estimate of drug-likeness (QED) is 0.716. The summed E-state index contributed by atoms with van der Waals surface area (Å²) < 4.78 is 0. The zero-order chi connectivity index (χ0) is 13.5. The second kappa shape index (κ2) is 8.16. The standard InChI is InChI=1S/C16H34N2/c1-13(2)9-10-18(15-7-5-6-8-15)16(12-17)11-14(3)4/h13-16H,5-12,17H2,1-4H3. The average molecular weight is 254 g/mol. The van der Waals surface area contributed by atoms with E-state index in [1.807, 2.05) is 0 Å². The molecule has 1 aliphatic rings. The fraction of sp³-hybridized carbons (Fsp3) is 1.00. The smallest absolute Gasteiger partial charge is 0.0223 e. The van der Waals surface area contributed by atoms with E-state index in [2.05, 4.69) is 32.6 Å². The molecule has 2 N–H and O–H groups in total. The van der Waals surface area contributed by atoms with Crippen LogP contribution in [0.15, 0.2) is 0 Å². The van der Waals surface area contributed by atoms with Crippen molar-refractivity contribution in [3.63, 3.8) is 0 Å². The predicted octanol–water partition coefficient (Wildman–Crippen LogP) is 3.65. The van der Waals surface area contributed by atoms with E-state index in [4.69, 9.17) is 5.73 Å². The molecule has 1 rings (SSSR count). The SMILES string of the molecule is CC(C)CCN(C1CCCC1)C(CN)CC(C)C.